The van der Waals surface area contributed by atoms with E-state index in [1.807, 2.05) is 0 Å². The van der Waals surface area contributed by atoms with Gasteiger partial charge in [-0.2, -0.15) is 0 Å². The van der Waals surface area contributed by atoms with Crippen molar-refractivity contribution < 1.29 is 14.7 Å². The average molecular weight is 201 g/mol. The highest BCUT2D eigenvalue weighted by Gasteiger charge is 2.40. The van der Waals surface area contributed by atoms with Crippen molar-refractivity contribution in [2.24, 2.45) is 11.5 Å². The van der Waals surface area contributed by atoms with E-state index < -0.39 is 17.6 Å². The fraction of sp³-hybridized carbons (Fsp3) is 0.750. The predicted octanol–water partition coefficient (Wildman–Crippen LogP) is -2.17. The van der Waals surface area contributed by atoms with Gasteiger partial charge in [0.15, 0.2) is 0 Å². The molecule has 1 saturated carbocycles. The van der Waals surface area contributed by atoms with Crippen LogP contribution < -0.4 is 16.8 Å². The highest BCUT2D eigenvalue weighted by Crippen LogP contribution is 2.28. The lowest BCUT2D eigenvalue weighted by atomic mass is 9.77. The smallest absolute Gasteiger partial charge is 0.248 e. The van der Waals surface area contributed by atoms with Gasteiger partial charge in [0.1, 0.15) is 6.10 Å². The molecule has 14 heavy (non-hydrogen) atoms. The first kappa shape index (κ1) is 10.9. The van der Waals surface area contributed by atoms with Crippen molar-refractivity contribution >= 4 is 11.8 Å². The minimum Gasteiger partial charge on any atom is -0.381 e. The lowest BCUT2D eigenvalue weighted by Gasteiger charge is -2.36. The quantitative estimate of drug-likeness (QED) is 0.414. The first-order valence-electron chi connectivity index (χ1n) is 4.50. The Balaban J connectivity index is 2.31. The Morgan fingerprint density at radius 1 is 1.50 bits per heavy atom. The van der Waals surface area contributed by atoms with Crippen molar-refractivity contribution in [3.05, 3.63) is 0 Å². The maximum atomic E-state index is 11.4. The van der Waals surface area contributed by atoms with Crippen LogP contribution in [-0.4, -0.2) is 35.1 Å². The number of rotatable bonds is 4. The van der Waals surface area contributed by atoms with Crippen LogP contribution in [0.3, 0.4) is 0 Å². The number of carbonyl (C=O) groups is 2. The van der Waals surface area contributed by atoms with Gasteiger partial charge >= 0.3 is 0 Å². The molecule has 0 saturated heterocycles. The molecule has 6 heteroatoms. The summed E-state index contributed by atoms with van der Waals surface area (Å²) in [7, 11) is 0. The first-order valence-corrected chi connectivity index (χ1v) is 4.50. The maximum absolute atomic E-state index is 11.4. The summed E-state index contributed by atoms with van der Waals surface area (Å²) in [6.45, 7) is -0.173. The Hall–Kier alpha value is -1.14. The zero-order valence-corrected chi connectivity index (χ0v) is 7.82. The van der Waals surface area contributed by atoms with E-state index in [1.54, 1.807) is 0 Å². The molecular weight excluding hydrogens is 186 g/mol. The molecule has 0 heterocycles. The number of primary amides is 1. The number of carbonyl (C=O) groups excluding carboxylic acids is 2. The number of nitrogens with two attached hydrogens (primary N) is 2. The summed E-state index contributed by atoms with van der Waals surface area (Å²) in [5.41, 5.74) is 9.70. The third-order valence-electron chi connectivity index (χ3n) is 2.48. The summed E-state index contributed by atoms with van der Waals surface area (Å²) in [5, 5.41) is 11.4. The van der Waals surface area contributed by atoms with Crippen LogP contribution in [0.4, 0.5) is 0 Å². The third-order valence-corrected chi connectivity index (χ3v) is 2.48. The van der Waals surface area contributed by atoms with E-state index in [4.69, 9.17) is 16.6 Å². The highest BCUT2D eigenvalue weighted by molar-refractivity contribution is 5.87. The van der Waals surface area contributed by atoms with Gasteiger partial charge < -0.3 is 21.9 Å². The van der Waals surface area contributed by atoms with Gasteiger partial charge in [-0.05, 0) is 19.3 Å². The summed E-state index contributed by atoms with van der Waals surface area (Å²) < 4.78 is 0. The van der Waals surface area contributed by atoms with E-state index in [9.17, 15) is 9.59 Å². The average Bonchev–Trinajstić information content (AvgIpc) is 2.09. The van der Waals surface area contributed by atoms with E-state index in [2.05, 4.69) is 5.32 Å². The minimum atomic E-state index is -1.34. The molecule has 1 atom stereocenters. The molecule has 1 aliphatic rings. The maximum Gasteiger partial charge on any atom is 0.248 e. The first-order chi connectivity index (χ1) is 6.46. The number of hydrogen-bond acceptors (Lipinski definition) is 4. The van der Waals surface area contributed by atoms with Crippen molar-refractivity contribution in [3.8, 4) is 0 Å². The normalized spacial score (nSPS) is 20.7. The van der Waals surface area contributed by atoms with Crippen molar-refractivity contribution in [1.82, 2.24) is 5.32 Å². The Morgan fingerprint density at radius 3 is 2.43 bits per heavy atom. The fourth-order valence-corrected chi connectivity index (χ4v) is 1.25. The van der Waals surface area contributed by atoms with Gasteiger partial charge in [-0.25, -0.2) is 0 Å². The summed E-state index contributed by atoms with van der Waals surface area (Å²) in [5.74, 6) is -1.19. The molecule has 0 aliphatic heterocycles. The summed E-state index contributed by atoms with van der Waals surface area (Å²) in [6, 6.07) is 0. The van der Waals surface area contributed by atoms with Gasteiger partial charge in [0.2, 0.25) is 11.8 Å². The van der Waals surface area contributed by atoms with Crippen molar-refractivity contribution in [2.45, 2.75) is 30.9 Å². The van der Waals surface area contributed by atoms with Gasteiger partial charge in [-0.1, -0.05) is 0 Å². The number of amides is 2. The molecule has 0 radical (unpaired) electrons. The third kappa shape index (κ3) is 2.21. The van der Waals surface area contributed by atoms with Crippen LogP contribution >= 0.6 is 0 Å². The number of aliphatic hydroxyl groups is 1. The molecule has 0 bridgehead atoms. The topological polar surface area (TPSA) is 118 Å². The van der Waals surface area contributed by atoms with Crippen LogP contribution in [0, 0.1) is 0 Å². The van der Waals surface area contributed by atoms with Crippen LogP contribution in [0.2, 0.25) is 0 Å². The number of hydrogen-bond donors (Lipinski definition) is 4. The van der Waals surface area contributed by atoms with Gasteiger partial charge in [-0.3, -0.25) is 9.59 Å². The Labute approximate surface area is 81.6 Å². The monoisotopic (exact) mass is 201 g/mol. The van der Waals surface area contributed by atoms with E-state index in [1.165, 1.54) is 0 Å². The van der Waals surface area contributed by atoms with Crippen molar-refractivity contribution in [3.63, 3.8) is 0 Å². The molecule has 6 N–H and O–H groups in total. The van der Waals surface area contributed by atoms with Crippen LogP contribution in [0.5, 0.6) is 0 Å². The van der Waals surface area contributed by atoms with E-state index in [-0.39, 0.29) is 12.5 Å². The SMILES string of the molecule is NC(=O)C(O)CNC(=O)C1(N)CCC1. The Kier molecular flexibility index (Phi) is 3.07. The van der Waals surface area contributed by atoms with Crippen LogP contribution in [0.25, 0.3) is 0 Å². The molecule has 0 aromatic heterocycles. The standard InChI is InChI=1S/C8H15N3O3/c9-6(13)5(12)4-11-7(14)8(10)2-1-3-8/h5,12H,1-4,10H2,(H2,9,13)(H,11,14). The van der Waals surface area contributed by atoms with Crippen LogP contribution in [-0.2, 0) is 9.59 Å². The van der Waals surface area contributed by atoms with Crippen LogP contribution in [0.15, 0.2) is 0 Å². The molecule has 0 spiro atoms. The Morgan fingerprint density at radius 2 is 2.07 bits per heavy atom. The number of aliphatic hydroxyl groups excluding tert-OH is 1. The molecule has 1 unspecified atom stereocenters. The Bertz CT molecular complexity index is 250. The second kappa shape index (κ2) is 3.93. The van der Waals surface area contributed by atoms with Crippen molar-refractivity contribution in [1.29, 1.82) is 0 Å². The molecular formula is C8H15N3O3. The van der Waals surface area contributed by atoms with Gasteiger partial charge in [0.05, 0.1) is 12.1 Å². The molecule has 1 rings (SSSR count). The molecule has 0 aromatic rings. The van der Waals surface area contributed by atoms with Gasteiger partial charge in [-0.15, -0.1) is 0 Å². The molecule has 6 nitrogen and oxygen atoms in total. The van der Waals surface area contributed by atoms with Gasteiger partial charge in [0, 0.05) is 0 Å². The van der Waals surface area contributed by atoms with Crippen molar-refractivity contribution in [2.75, 3.05) is 6.54 Å². The van der Waals surface area contributed by atoms with E-state index in [0.29, 0.717) is 12.8 Å². The zero-order valence-electron chi connectivity index (χ0n) is 7.82. The molecule has 1 fully saturated rings. The minimum absolute atomic E-state index is 0.173. The number of nitrogens with one attached hydrogen (secondary N) is 1. The molecule has 1 aliphatic carbocycles. The lowest BCUT2D eigenvalue weighted by molar-refractivity contribution is -0.131. The predicted molar refractivity (Wildman–Crippen MR) is 49.0 cm³/mol. The largest absolute Gasteiger partial charge is 0.381 e. The second-order valence-electron chi connectivity index (χ2n) is 3.64. The highest BCUT2D eigenvalue weighted by atomic mass is 16.3. The fourth-order valence-electron chi connectivity index (χ4n) is 1.25. The summed E-state index contributed by atoms with van der Waals surface area (Å²) in [4.78, 5) is 21.8. The summed E-state index contributed by atoms with van der Waals surface area (Å²) >= 11 is 0. The molecule has 0 aromatic carbocycles. The molecule has 2 amide bonds. The van der Waals surface area contributed by atoms with Gasteiger partial charge in [0.25, 0.3) is 0 Å². The van der Waals surface area contributed by atoms with Crippen LogP contribution in [0.1, 0.15) is 19.3 Å². The van der Waals surface area contributed by atoms with E-state index >= 15 is 0 Å². The summed E-state index contributed by atoms with van der Waals surface area (Å²) in [6.07, 6.45) is 0.877. The van der Waals surface area contributed by atoms with E-state index in [0.717, 1.165) is 6.42 Å². The zero-order chi connectivity index (χ0) is 10.8. The molecule has 80 valence electrons. The second-order valence-corrected chi connectivity index (χ2v) is 3.64. The lowest BCUT2D eigenvalue weighted by Crippen LogP contribution is -2.59.